The Kier molecular flexibility index (Phi) is 6.96. The predicted octanol–water partition coefficient (Wildman–Crippen LogP) is 4.20. The zero-order chi connectivity index (χ0) is 27.0. The number of pyridine rings is 1. The molecule has 2 aromatic heterocycles. The largest absolute Gasteiger partial charge is 0.497 e. The average molecular weight is 516 g/mol. The van der Waals surface area contributed by atoms with Crippen LogP contribution in [0.2, 0.25) is 0 Å². The first-order valence-electron chi connectivity index (χ1n) is 13.3. The fourth-order valence-electron chi connectivity index (χ4n) is 5.17. The van der Waals surface area contributed by atoms with E-state index in [1.807, 2.05) is 28.9 Å². The molecular weight excluding hydrogens is 478 g/mol. The molecule has 9 heteroatoms. The molecule has 1 atom stereocenters. The van der Waals surface area contributed by atoms with E-state index in [1.165, 1.54) is 5.56 Å². The first-order valence-corrected chi connectivity index (χ1v) is 13.3. The zero-order valence-electron chi connectivity index (χ0n) is 23.2. The molecule has 0 radical (unpaired) electrons. The average Bonchev–Trinajstić information content (AvgIpc) is 3.41. The lowest BCUT2D eigenvalue weighted by Crippen LogP contribution is -2.49. The standard InChI is InChI=1S/C29H37N7O2/c1-7-29(4,5)36-27(31-32-33-36)26(24-18-21-16-19(2)20(3)17-25(21)30-28(24)37)35-14-12-34(13-15-35)22-8-10-23(38-6)11-9-22/h8-11,16-18,26H,7,12-15H2,1-6H3,(H,30,37)/t26-/m0/s1. The van der Waals surface area contributed by atoms with Crippen molar-refractivity contribution in [2.24, 2.45) is 0 Å². The van der Waals surface area contributed by atoms with Gasteiger partial charge in [0.2, 0.25) is 0 Å². The molecule has 1 N–H and O–H groups in total. The predicted molar refractivity (Wildman–Crippen MR) is 150 cm³/mol. The number of anilines is 1. The van der Waals surface area contributed by atoms with E-state index < -0.39 is 0 Å². The van der Waals surface area contributed by atoms with Crippen LogP contribution in [0.1, 0.15) is 55.7 Å². The number of rotatable bonds is 7. The highest BCUT2D eigenvalue weighted by Gasteiger charge is 2.35. The van der Waals surface area contributed by atoms with Gasteiger partial charge >= 0.3 is 0 Å². The summed E-state index contributed by atoms with van der Waals surface area (Å²) in [6, 6.07) is 14.0. The SMILES string of the molecule is CCC(C)(C)n1nnnc1[C@H](c1cc2cc(C)c(C)cc2[nH]c1=O)N1CCN(c2ccc(OC)cc2)CC1. The van der Waals surface area contributed by atoms with Gasteiger partial charge in [0, 0.05) is 42.9 Å². The Morgan fingerprint density at radius 1 is 1.03 bits per heavy atom. The number of piperazine rings is 1. The van der Waals surface area contributed by atoms with Gasteiger partial charge in [-0.15, -0.1) is 5.10 Å². The van der Waals surface area contributed by atoms with E-state index in [-0.39, 0.29) is 17.1 Å². The molecule has 38 heavy (non-hydrogen) atoms. The van der Waals surface area contributed by atoms with E-state index in [9.17, 15) is 4.79 Å². The molecule has 9 nitrogen and oxygen atoms in total. The monoisotopic (exact) mass is 515 g/mol. The molecule has 0 aliphatic carbocycles. The van der Waals surface area contributed by atoms with Crippen molar-refractivity contribution in [1.82, 2.24) is 30.1 Å². The van der Waals surface area contributed by atoms with E-state index in [4.69, 9.17) is 4.74 Å². The van der Waals surface area contributed by atoms with Crippen LogP contribution in [0.3, 0.4) is 0 Å². The molecule has 0 saturated carbocycles. The molecule has 3 heterocycles. The molecule has 0 bridgehead atoms. The number of tetrazole rings is 1. The van der Waals surface area contributed by atoms with Gasteiger partial charge in [0.25, 0.3) is 5.56 Å². The molecule has 1 aliphatic heterocycles. The zero-order valence-corrected chi connectivity index (χ0v) is 23.2. The number of methoxy groups -OCH3 is 1. The summed E-state index contributed by atoms with van der Waals surface area (Å²) in [6.07, 6.45) is 0.857. The highest BCUT2D eigenvalue weighted by Crippen LogP contribution is 2.32. The van der Waals surface area contributed by atoms with Crippen molar-refractivity contribution in [3.63, 3.8) is 0 Å². The van der Waals surface area contributed by atoms with E-state index in [0.29, 0.717) is 11.4 Å². The number of nitrogens with one attached hydrogen (secondary N) is 1. The van der Waals surface area contributed by atoms with Gasteiger partial charge in [-0.25, -0.2) is 4.68 Å². The number of ether oxygens (including phenoxy) is 1. The highest BCUT2D eigenvalue weighted by atomic mass is 16.5. The smallest absolute Gasteiger partial charge is 0.253 e. The summed E-state index contributed by atoms with van der Waals surface area (Å²) in [5.41, 5.74) is 4.62. The third-order valence-electron chi connectivity index (χ3n) is 8.08. The molecule has 4 aromatic rings. The van der Waals surface area contributed by atoms with Gasteiger partial charge in [-0.05, 0) is 104 Å². The quantitative estimate of drug-likeness (QED) is 0.394. The Morgan fingerprint density at radius 2 is 1.71 bits per heavy atom. The lowest BCUT2D eigenvalue weighted by Gasteiger charge is -2.40. The number of benzene rings is 2. The Labute approximate surface area is 223 Å². The minimum Gasteiger partial charge on any atom is -0.497 e. The van der Waals surface area contributed by atoms with E-state index >= 15 is 0 Å². The Morgan fingerprint density at radius 3 is 2.37 bits per heavy atom. The van der Waals surface area contributed by atoms with Crippen LogP contribution in [0.15, 0.2) is 47.3 Å². The summed E-state index contributed by atoms with van der Waals surface area (Å²) in [6.45, 7) is 13.7. The maximum absolute atomic E-state index is 13.6. The molecule has 0 unspecified atom stereocenters. The van der Waals surface area contributed by atoms with Gasteiger partial charge in [-0.1, -0.05) is 6.92 Å². The number of fused-ring (bicyclic) bond motifs is 1. The summed E-state index contributed by atoms with van der Waals surface area (Å²) in [4.78, 5) is 21.4. The van der Waals surface area contributed by atoms with Crippen LogP contribution in [-0.2, 0) is 5.54 Å². The van der Waals surface area contributed by atoms with Crippen LogP contribution >= 0.6 is 0 Å². The number of nitrogens with zero attached hydrogens (tertiary/aromatic N) is 6. The normalized spacial score (nSPS) is 15.7. The van der Waals surface area contributed by atoms with Crippen LogP contribution in [0.5, 0.6) is 5.75 Å². The second-order valence-electron chi connectivity index (χ2n) is 10.8. The summed E-state index contributed by atoms with van der Waals surface area (Å²) < 4.78 is 7.22. The second kappa shape index (κ2) is 10.2. The first-order chi connectivity index (χ1) is 18.2. The maximum atomic E-state index is 13.6. The molecular formula is C29H37N7O2. The van der Waals surface area contributed by atoms with Crippen molar-refractivity contribution in [2.75, 3.05) is 38.2 Å². The van der Waals surface area contributed by atoms with E-state index in [2.05, 4.69) is 83.1 Å². The van der Waals surface area contributed by atoms with Crippen LogP contribution in [0.25, 0.3) is 10.9 Å². The Balaban J connectivity index is 1.55. The van der Waals surface area contributed by atoms with Crippen molar-refractivity contribution >= 4 is 16.6 Å². The van der Waals surface area contributed by atoms with Crippen LogP contribution in [0, 0.1) is 13.8 Å². The summed E-state index contributed by atoms with van der Waals surface area (Å²) >= 11 is 0. The van der Waals surface area contributed by atoms with Gasteiger partial charge in [0.05, 0.1) is 12.6 Å². The van der Waals surface area contributed by atoms with Gasteiger partial charge in [0.15, 0.2) is 5.82 Å². The summed E-state index contributed by atoms with van der Waals surface area (Å²) in [5, 5.41) is 14.0. The van der Waals surface area contributed by atoms with Crippen LogP contribution in [-0.4, -0.2) is 63.4 Å². The lowest BCUT2D eigenvalue weighted by atomic mass is 9.98. The maximum Gasteiger partial charge on any atom is 0.253 e. The number of H-pyrrole nitrogens is 1. The number of hydrogen-bond donors (Lipinski definition) is 1. The molecule has 0 amide bonds. The minimum atomic E-state index is -0.372. The van der Waals surface area contributed by atoms with Gasteiger partial charge in [-0.3, -0.25) is 9.69 Å². The summed E-state index contributed by atoms with van der Waals surface area (Å²) in [7, 11) is 1.68. The summed E-state index contributed by atoms with van der Waals surface area (Å²) in [5.74, 6) is 1.54. The van der Waals surface area contributed by atoms with Crippen molar-refractivity contribution in [3.8, 4) is 5.75 Å². The van der Waals surface area contributed by atoms with E-state index in [0.717, 1.165) is 60.5 Å². The van der Waals surface area contributed by atoms with Crippen molar-refractivity contribution < 1.29 is 4.74 Å². The van der Waals surface area contributed by atoms with E-state index in [1.54, 1.807) is 7.11 Å². The third kappa shape index (κ3) is 4.78. The van der Waals surface area contributed by atoms with Gasteiger partial charge in [-0.2, -0.15) is 0 Å². The molecule has 200 valence electrons. The minimum absolute atomic E-state index is 0.104. The van der Waals surface area contributed by atoms with Gasteiger partial charge < -0.3 is 14.6 Å². The number of aromatic nitrogens is 5. The second-order valence-corrected chi connectivity index (χ2v) is 10.8. The molecule has 1 saturated heterocycles. The Bertz CT molecular complexity index is 1480. The van der Waals surface area contributed by atoms with Crippen molar-refractivity contribution in [3.05, 3.63) is 75.3 Å². The first kappa shape index (κ1) is 25.9. The number of aromatic amines is 1. The fourth-order valence-corrected chi connectivity index (χ4v) is 5.17. The number of hydrogen-bond acceptors (Lipinski definition) is 7. The molecule has 1 fully saturated rings. The highest BCUT2D eigenvalue weighted by molar-refractivity contribution is 5.81. The fraction of sp³-hybridized carbons (Fsp3) is 0.448. The van der Waals surface area contributed by atoms with Crippen molar-refractivity contribution in [1.29, 1.82) is 0 Å². The molecule has 1 aliphatic rings. The van der Waals surface area contributed by atoms with Crippen LogP contribution in [0.4, 0.5) is 5.69 Å². The number of aryl methyl sites for hydroxylation is 2. The van der Waals surface area contributed by atoms with Gasteiger partial charge in [0.1, 0.15) is 11.8 Å². The molecule has 0 spiro atoms. The third-order valence-corrected chi connectivity index (χ3v) is 8.08. The van der Waals surface area contributed by atoms with Crippen LogP contribution < -0.4 is 15.2 Å². The van der Waals surface area contributed by atoms with Crippen molar-refractivity contribution in [2.45, 2.75) is 52.6 Å². The molecule has 2 aromatic carbocycles. The Hall–Kier alpha value is -3.72. The topological polar surface area (TPSA) is 92.2 Å². The lowest BCUT2D eigenvalue weighted by molar-refractivity contribution is 0.186. The molecule has 5 rings (SSSR count).